The normalized spacial score (nSPS) is 17.7. The van der Waals surface area contributed by atoms with Gasteiger partial charge in [-0.25, -0.2) is 4.39 Å². The van der Waals surface area contributed by atoms with Gasteiger partial charge < -0.3 is 14.4 Å². The van der Waals surface area contributed by atoms with E-state index in [4.69, 9.17) is 9.47 Å². The number of hydrogen-bond acceptors (Lipinski definition) is 3. The van der Waals surface area contributed by atoms with Crippen molar-refractivity contribution in [1.29, 1.82) is 0 Å². The smallest absolute Gasteiger partial charge is 0.233 e. The first kappa shape index (κ1) is 25.0. The Bertz CT molecular complexity index is 1350. The maximum atomic E-state index is 13.6. The Balaban J connectivity index is 1.44. The zero-order valence-electron chi connectivity index (χ0n) is 20.4. The molecule has 0 N–H and O–H groups in total. The molecule has 1 saturated heterocycles. The van der Waals surface area contributed by atoms with Crippen molar-refractivity contribution in [2.45, 2.75) is 19.6 Å². The van der Waals surface area contributed by atoms with Gasteiger partial charge in [-0.1, -0.05) is 77.5 Å². The molecule has 4 aromatic rings. The number of rotatable bonds is 9. The number of hydrogen-bond donors (Lipinski definition) is 0. The lowest BCUT2D eigenvalue weighted by Gasteiger charge is -2.50. The van der Waals surface area contributed by atoms with E-state index in [1.807, 2.05) is 90.7 Å². The van der Waals surface area contributed by atoms with Crippen LogP contribution in [0.15, 0.2) is 108 Å². The third kappa shape index (κ3) is 5.54. The highest BCUT2D eigenvalue weighted by atomic mass is 79.9. The van der Waals surface area contributed by atoms with Gasteiger partial charge in [0.15, 0.2) is 0 Å². The molecule has 3 atom stereocenters. The molecule has 1 amide bonds. The fraction of sp³-hybridized carbons (Fsp3) is 0.194. The van der Waals surface area contributed by atoms with Gasteiger partial charge in [0.05, 0.1) is 18.6 Å². The first-order valence-corrected chi connectivity index (χ1v) is 13.0. The van der Waals surface area contributed by atoms with E-state index in [0.29, 0.717) is 19.0 Å². The zero-order valence-corrected chi connectivity index (χ0v) is 22.0. The van der Waals surface area contributed by atoms with Gasteiger partial charge in [0.2, 0.25) is 5.91 Å². The predicted octanol–water partition coefficient (Wildman–Crippen LogP) is 7.59. The molecule has 0 bridgehead atoms. The van der Waals surface area contributed by atoms with Crippen LogP contribution in [0, 0.1) is 17.7 Å². The summed E-state index contributed by atoms with van der Waals surface area (Å²) >= 11 is 3.58. The van der Waals surface area contributed by atoms with Crippen molar-refractivity contribution in [3.8, 4) is 11.5 Å². The van der Waals surface area contributed by atoms with Crippen LogP contribution in [0.3, 0.4) is 0 Å². The number of halogens is 2. The van der Waals surface area contributed by atoms with Crippen molar-refractivity contribution < 1.29 is 18.7 Å². The summed E-state index contributed by atoms with van der Waals surface area (Å²) < 4.78 is 26.4. The molecule has 5 rings (SSSR count). The Morgan fingerprint density at radius 1 is 0.892 bits per heavy atom. The maximum absolute atomic E-state index is 13.6. The summed E-state index contributed by atoms with van der Waals surface area (Å²) in [6, 6.07) is 31.4. The van der Waals surface area contributed by atoms with Crippen LogP contribution in [0.5, 0.6) is 11.5 Å². The zero-order chi connectivity index (χ0) is 25.8. The van der Waals surface area contributed by atoms with Gasteiger partial charge in [-0.15, -0.1) is 0 Å². The molecule has 4 nitrogen and oxygen atoms in total. The van der Waals surface area contributed by atoms with E-state index >= 15 is 0 Å². The molecule has 6 heteroatoms. The quantitative estimate of drug-likeness (QED) is 0.198. The monoisotopic (exact) mass is 559 g/mol. The summed E-state index contributed by atoms with van der Waals surface area (Å²) in [6.07, 6.45) is 0. The van der Waals surface area contributed by atoms with Crippen LogP contribution in [0.25, 0.3) is 0 Å². The van der Waals surface area contributed by atoms with Crippen LogP contribution in [0.2, 0.25) is 0 Å². The topological polar surface area (TPSA) is 38.8 Å². The minimum atomic E-state index is -0.314. The highest BCUT2D eigenvalue weighted by Crippen LogP contribution is 2.49. The molecule has 0 spiro atoms. The van der Waals surface area contributed by atoms with E-state index in [2.05, 4.69) is 15.9 Å². The van der Waals surface area contributed by atoms with E-state index < -0.39 is 0 Å². The fourth-order valence-electron chi connectivity index (χ4n) is 4.75. The van der Waals surface area contributed by atoms with Gasteiger partial charge in [0, 0.05) is 21.6 Å². The molecular weight excluding hydrogens is 533 g/mol. The first-order chi connectivity index (χ1) is 18.0. The van der Waals surface area contributed by atoms with Crippen molar-refractivity contribution in [2.24, 2.45) is 11.8 Å². The lowest BCUT2D eigenvalue weighted by molar-refractivity contribution is -0.133. The van der Waals surface area contributed by atoms with Crippen molar-refractivity contribution >= 4 is 27.5 Å². The summed E-state index contributed by atoms with van der Waals surface area (Å²) in [5, 5.41) is 0. The molecule has 1 heterocycles. The van der Waals surface area contributed by atoms with Crippen molar-refractivity contribution in [2.75, 3.05) is 11.5 Å². The van der Waals surface area contributed by atoms with Crippen LogP contribution in [0.1, 0.15) is 24.1 Å². The average Bonchev–Trinajstić information content (AvgIpc) is 2.92. The molecular formula is C31H27BrFNO3. The Labute approximate surface area is 224 Å². The molecule has 188 valence electrons. The highest BCUT2D eigenvalue weighted by molar-refractivity contribution is 9.10. The maximum Gasteiger partial charge on any atom is 0.233 e. The van der Waals surface area contributed by atoms with Crippen molar-refractivity contribution in [3.63, 3.8) is 0 Å². The number of para-hydroxylation sites is 1. The number of ether oxygens (including phenoxy) is 2. The highest BCUT2D eigenvalue weighted by Gasteiger charge is 2.52. The molecule has 0 saturated carbocycles. The van der Waals surface area contributed by atoms with E-state index in [-0.39, 0.29) is 29.6 Å². The third-order valence-corrected chi connectivity index (χ3v) is 7.14. The van der Waals surface area contributed by atoms with Gasteiger partial charge in [-0.2, -0.15) is 0 Å². The summed E-state index contributed by atoms with van der Waals surface area (Å²) in [6.45, 7) is 2.77. The Hall–Kier alpha value is -3.64. The van der Waals surface area contributed by atoms with Crippen LogP contribution in [0.4, 0.5) is 10.1 Å². The second kappa shape index (κ2) is 11.2. The van der Waals surface area contributed by atoms with E-state index in [1.165, 1.54) is 12.1 Å². The minimum Gasteiger partial charge on any atom is -0.493 e. The summed E-state index contributed by atoms with van der Waals surface area (Å²) in [4.78, 5) is 15.4. The van der Waals surface area contributed by atoms with Crippen molar-refractivity contribution in [3.05, 3.63) is 125 Å². The van der Waals surface area contributed by atoms with Crippen LogP contribution >= 0.6 is 15.9 Å². The number of amides is 1. The average molecular weight is 560 g/mol. The molecule has 4 aromatic carbocycles. The number of nitrogens with zero attached hydrogens (tertiary/aromatic N) is 1. The Morgan fingerprint density at radius 2 is 1.57 bits per heavy atom. The first-order valence-electron chi connectivity index (χ1n) is 12.2. The van der Waals surface area contributed by atoms with Gasteiger partial charge in [0.25, 0.3) is 0 Å². The molecule has 0 radical (unpaired) electrons. The van der Waals surface area contributed by atoms with Gasteiger partial charge in [0.1, 0.15) is 23.9 Å². The minimum absolute atomic E-state index is 0.0448. The van der Waals surface area contributed by atoms with E-state index in [1.54, 1.807) is 12.1 Å². The van der Waals surface area contributed by atoms with E-state index in [9.17, 15) is 9.18 Å². The fourth-order valence-corrected chi connectivity index (χ4v) is 5.09. The van der Waals surface area contributed by atoms with Gasteiger partial charge in [-0.05, 0) is 54.1 Å². The van der Waals surface area contributed by atoms with Crippen molar-refractivity contribution in [1.82, 2.24) is 0 Å². The SMILES string of the molecule is C[C@H](COc1ccc(F)cc1)[C@H]1C(=O)N(c2ccccc2)[C@@H]1c1ccc(Br)cc1OCc1ccccc1. The number of β-lactam (4-membered cyclic amide) rings is 1. The third-order valence-electron chi connectivity index (χ3n) is 6.65. The molecule has 37 heavy (non-hydrogen) atoms. The van der Waals surface area contributed by atoms with E-state index in [0.717, 1.165) is 27.0 Å². The standard InChI is InChI=1S/C31H27BrFNO3/c1-21(19-36-26-15-13-24(33)14-16-26)29-30(34(31(29)35)25-10-6-3-7-11-25)27-17-12-23(32)18-28(27)37-20-22-8-4-2-5-9-22/h2-18,21,29-30H,19-20H2,1H3/t21-,29-,30-/m1/s1. The molecule has 1 aliphatic rings. The van der Waals surface area contributed by atoms with Gasteiger partial charge >= 0.3 is 0 Å². The number of carbonyl (C=O) groups excluding carboxylic acids is 1. The number of benzene rings is 4. The van der Waals surface area contributed by atoms with Crippen LogP contribution in [-0.2, 0) is 11.4 Å². The summed E-state index contributed by atoms with van der Waals surface area (Å²) in [5.74, 6) is 0.643. The summed E-state index contributed by atoms with van der Waals surface area (Å²) in [7, 11) is 0. The van der Waals surface area contributed by atoms with Crippen LogP contribution < -0.4 is 14.4 Å². The number of anilines is 1. The van der Waals surface area contributed by atoms with Crippen LogP contribution in [-0.4, -0.2) is 12.5 Å². The lowest BCUT2D eigenvalue weighted by Crippen LogP contribution is -2.58. The largest absolute Gasteiger partial charge is 0.493 e. The second-order valence-corrected chi connectivity index (χ2v) is 10.1. The molecule has 0 unspecified atom stereocenters. The Kier molecular flexibility index (Phi) is 7.56. The predicted molar refractivity (Wildman–Crippen MR) is 146 cm³/mol. The second-order valence-electron chi connectivity index (χ2n) is 9.21. The van der Waals surface area contributed by atoms with Gasteiger partial charge in [-0.3, -0.25) is 4.79 Å². The molecule has 0 aliphatic carbocycles. The number of carbonyl (C=O) groups is 1. The Morgan fingerprint density at radius 3 is 2.27 bits per heavy atom. The lowest BCUT2D eigenvalue weighted by atomic mass is 9.74. The molecule has 1 fully saturated rings. The molecule has 1 aliphatic heterocycles. The molecule has 0 aromatic heterocycles. The summed E-state index contributed by atoms with van der Waals surface area (Å²) in [5.41, 5.74) is 2.86.